The van der Waals surface area contributed by atoms with Gasteiger partial charge >= 0.3 is 0 Å². The molecule has 0 bridgehead atoms. The average molecular weight is 270 g/mol. The number of hydrogen-bond donors (Lipinski definition) is 2. The molecule has 0 spiro atoms. The zero-order valence-corrected chi connectivity index (χ0v) is 10.7. The van der Waals surface area contributed by atoms with Crippen molar-refractivity contribution in [2.75, 3.05) is 4.90 Å². The second-order valence-electron chi connectivity index (χ2n) is 4.71. The Hall–Kier alpha value is -2.63. The molecule has 1 aliphatic rings. The Morgan fingerprint density at radius 2 is 2.10 bits per heavy atom. The van der Waals surface area contributed by atoms with Gasteiger partial charge in [0, 0.05) is 6.42 Å². The Bertz CT molecular complexity index is 650. The number of nitrogens with two attached hydrogens (primary N) is 1. The molecular weight excluding hydrogens is 256 g/mol. The van der Waals surface area contributed by atoms with Crippen LogP contribution < -0.4 is 10.6 Å². The van der Waals surface area contributed by atoms with E-state index in [1.807, 2.05) is 30.3 Å². The summed E-state index contributed by atoms with van der Waals surface area (Å²) in [5.74, 6) is -0.231. The molecule has 2 aromatic rings. The molecule has 1 aromatic carbocycles. The minimum Gasteiger partial charge on any atom is -0.364 e. The zero-order valence-electron chi connectivity index (χ0n) is 10.7. The van der Waals surface area contributed by atoms with E-state index < -0.39 is 5.91 Å². The number of aromatic amines is 1. The molecule has 102 valence electrons. The minimum atomic E-state index is -0.591. The van der Waals surface area contributed by atoms with Gasteiger partial charge in [0.05, 0.1) is 12.2 Å². The third kappa shape index (κ3) is 2.05. The predicted molar refractivity (Wildman–Crippen MR) is 73.0 cm³/mol. The second kappa shape index (κ2) is 4.80. The van der Waals surface area contributed by atoms with Gasteiger partial charge in [0.25, 0.3) is 5.91 Å². The maximum atomic E-state index is 12.1. The van der Waals surface area contributed by atoms with Gasteiger partial charge in [-0.1, -0.05) is 30.3 Å². The van der Waals surface area contributed by atoms with Crippen LogP contribution in [0.3, 0.4) is 0 Å². The number of H-pyrrole nitrogens is 1. The highest BCUT2D eigenvalue weighted by atomic mass is 16.2. The fourth-order valence-corrected chi connectivity index (χ4v) is 2.50. The molecule has 1 unspecified atom stereocenters. The lowest BCUT2D eigenvalue weighted by molar-refractivity contribution is -0.117. The molecule has 3 N–H and O–H groups in total. The third-order valence-electron chi connectivity index (χ3n) is 3.45. The van der Waals surface area contributed by atoms with Gasteiger partial charge in [-0.3, -0.25) is 14.5 Å². The molecule has 0 radical (unpaired) electrons. The Labute approximate surface area is 115 Å². The van der Waals surface area contributed by atoms with Gasteiger partial charge in [0.15, 0.2) is 0 Å². The van der Waals surface area contributed by atoms with Crippen molar-refractivity contribution in [1.82, 2.24) is 9.97 Å². The summed E-state index contributed by atoms with van der Waals surface area (Å²) in [5, 5.41) is 0. The summed E-state index contributed by atoms with van der Waals surface area (Å²) in [5.41, 5.74) is 6.44. The first-order valence-electron chi connectivity index (χ1n) is 6.38. The van der Waals surface area contributed by atoms with Crippen LogP contribution in [0.5, 0.6) is 0 Å². The lowest BCUT2D eigenvalue weighted by Gasteiger charge is -2.22. The number of hydrogen-bond acceptors (Lipinski definition) is 3. The van der Waals surface area contributed by atoms with E-state index in [0.717, 1.165) is 12.0 Å². The number of imidazole rings is 1. The van der Waals surface area contributed by atoms with Gasteiger partial charge in [-0.05, 0) is 12.0 Å². The molecule has 1 aliphatic heterocycles. The van der Waals surface area contributed by atoms with Crippen LogP contribution in [0.2, 0.25) is 0 Å². The average Bonchev–Trinajstić information content (AvgIpc) is 3.06. The molecule has 20 heavy (non-hydrogen) atoms. The number of carbonyl (C=O) groups is 2. The van der Waals surface area contributed by atoms with Crippen molar-refractivity contribution >= 4 is 17.8 Å². The molecule has 2 heterocycles. The van der Waals surface area contributed by atoms with Crippen molar-refractivity contribution < 1.29 is 9.59 Å². The lowest BCUT2D eigenvalue weighted by atomic mass is 10.1. The monoisotopic (exact) mass is 270 g/mol. The lowest BCUT2D eigenvalue weighted by Crippen LogP contribution is -2.28. The van der Waals surface area contributed by atoms with Crippen LogP contribution in [0.25, 0.3) is 0 Å². The van der Waals surface area contributed by atoms with Crippen molar-refractivity contribution in [2.45, 2.75) is 18.9 Å². The fourth-order valence-electron chi connectivity index (χ4n) is 2.50. The van der Waals surface area contributed by atoms with Crippen LogP contribution >= 0.6 is 0 Å². The highest BCUT2D eigenvalue weighted by molar-refractivity contribution is 5.96. The highest BCUT2D eigenvalue weighted by Crippen LogP contribution is 2.35. The van der Waals surface area contributed by atoms with E-state index in [9.17, 15) is 9.59 Å². The summed E-state index contributed by atoms with van der Waals surface area (Å²) in [6, 6.07) is 9.71. The molecular formula is C14H14N4O2. The third-order valence-corrected chi connectivity index (χ3v) is 3.45. The van der Waals surface area contributed by atoms with Crippen molar-refractivity contribution in [3.05, 3.63) is 47.8 Å². The van der Waals surface area contributed by atoms with Gasteiger partial charge < -0.3 is 10.7 Å². The number of anilines is 1. The van der Waals surface area contributed by atoms with Crippen LogP contribution in [-0.2, 0) is 4.79 Å². The maximum absolute atomic E-state index is 12.1. The Kier molecular flexibility index (Phi) is 2.98. The number of aromatic nitrogens is 2. The molecule has 1 atom stereocenters. The van der Waals surface area contributed by atoms with Crippen molar-refractivity contribution in [3.8, 4) is 0 Å². The summed E-state index contributed by atoms with van der Waals surface area (Å²) in [6.45, 7) is 0. The molecule has 2 amide bonds. The van der Waals surface area contributed by atoms with Crippen molar-refractivity contribution in [1.29, 1.82) is 0 Å². The zero-order chi connectivity index (χ0) is 14.1. The van der Waals surface area contributed by atoms with Crippen molar-refractivity contribution in [3.63, 3.8) is 0 Å². The quantitative estimate of drug-likeness (QED) is 0.882. The molecule has 0 aliphatic carbocycles. The molecule has 1 fully saturated rings. The first kappa shape index (κ1) is 12.4. The van der Waals surface area contributed by atoms with E-state index in [1.165, 1.54) is 6.20 Å². The number of nitrogens with zero attached hydrogens (tertiary/aromatic N) is 2. The van der Waals surface area contributed by atoms with E-state index in [0.29, 0.717) is 12.4 Å². The molecule has 3 rings (SSSR count). The van der Waals surface area contributed by atoms with E-state index in [2.05, 4.69) is 9.97 Å². The highest BCUT2D eigenvalue weighted by Gasteiger charge is 2.35. The Morgan fingerprint density at radius 1 is 1.35 bits per heavy atom. The fraction of sp³-hybridized carbons (Fsp3) is 0.214. The first-order chi connectivity index (χ1) is 9.66. The van der Waals surface area contributed by atoms with Gasteiger partial charge in [0.2, 0.25) is 11.9 Å². The van der Waals surface area contributed by atoms with Crippen LogP contribution in [0.4, 0.5) is 5.95 Å². The van der Waals surface area contributed by atoms with Crippen LogP contribution in [-0.4, -0.2) is 21.8 Å². The summed E-state index contributed by atoms with van der Waals surface area (Å²) in [4.78, 5) is 31.7. The van der Waals surface area contributed by atoms with Gasteiger partial charge in [0.1, 0.15) is 5.69 Å². The smallest absolute Gasteiger partial charge is 0.266 e. The molecule has 1 saturated heterocycles. The molecule has 0 saturated carbocycles. The van der Waals surface area contributed by atoms with Gasteiger partial charge in [-0.15, -0.1) is 0 Å². The number of primary amides is 1. The van der Waals surface area contributed by atoms with E-state index >= 15 is 0 Å². The normalized spacial score (nSPS) is 18.5. The number of nitrogens with one attached hydrogen (secondary N) is 1. The van der Waals surface area contributed by atoms with E-state index in [4.69, 9.17) is 5.73 Å². The van der Waals surface area contributed by atoms with Crippen molar-refractivity contribution in [2.24, 2.45) is 5.73 Å². The minimum absolute atomic E-state index is 0.00998. The SMILES string of the molecule is NC(=O)c1cnc(N2C(=O)CCC2c2ccccc2)[nH]1. The largest absolute Gasteiger partial charge is 0.364 e. The first-order valence-corrected chi connectivity index (χ1v) is 6.38. The van der Waals surface area contributed by atoms with Crippen LogP contribution in [0, 0.1) is 0 Å². The molecule has 1 aromatic heterocycles. The van der Waals surface area contributed by atoms with Gasteiger partial charge in [-0.25, -0.2) is 4.98 Å². The summed E-state index contributed by atoms with van der Waals surface area (Å²) in [7, 11) is 0. The maximum Gasteiger partial charge on any atom is 0.266 e. The van der Waals surface area contributed by atoms with Gasteiger partial charge in [-0.2, -0.15) is 0 Å². The topological polar surface area (TPSA) is 92.1 Å². The predicted octanol–water partition coefficient (Wildman–Crippen LogP) is 1.38. The van der Waals surface area contributed by atoms with E-state index in [1.54, 1.807) is 4.90 Å². The summed E-state index contributed by atoms with van der Waals surface area (Å²) in [6.07, 6.45) is 2.55. The van der Waals surface area contributed by atoms with Crippen LogP contribution in [0.1, 0.15) is 34.9 Å². The number of carbonyl (C=O) groups excluding carboxylic acids is 2. The van der Waals surface area contributed by atoms with Crippen LogP contribution in [0.15, 0.2) is 36.5 Å². The summed E-state index contributed by atoms with van der Waals surface area (Å²) >= 11 is 0. The number of benzene rings is 1. The number of amides is 2. The molecule has 6 heteroatoms. The standard InChI is InChI=1S/C14H14N4O2/c15-13(20)10-8-16-14(17-10)18-11(6-7-12(18)19)9-4-2-1-3-5-9/h1-5,8,11H,6-7H2,(H2,15,20)(H,16,17). The Morgan fingerprint density at radius 3 is 2.75 bits per heavy atom. The van der Waals surface area contributed by atoms with E-state index in [-0.39, 0.29) is 17.6 Å². The summed E-state index contributed by atoms with van der Waals surface area (Å²) < 4.78 is 0. The second-order valence-corrected chi connectivity index (χ2v) is 4.71. The Balaban J connectivity index is 1.96. The molecule has 6 nitrogen and oxygen atoms in total. The number of rotatable bonds is 3.